The smallest absolute Gasteiger partial charge is 0.170 e. The Labute approximate surface area is 107 Å². The molecule has 0 saturated carbocycles. The SMILES string of the molecule is CN(C)CCCN(C)c1nccc(CCl)c1F. The van der Waals surface area contributed by atoms with E-state index in [2.05, 4.69) is 9.88 Å². The summed E-state index contributed by atoms with van der Waals surface area (Å²) >= 11 is 5.66. The van der Waals surface area contributed by atoms with Crippen molar-refractivity contribution in [2.75, 3.05) is 39.1 Å². The van der Waals surface area contributed by atoms with E-state index in [1.807, 2.05) is 26.0 Å². The monoisotopic (exact) mass is 259 g/mol. The minimum Gasteiger partial charge on any atom is -0.357 e. The van der Waals surface area contributed by atoms with Crippen molar-refractivity contribution in [2.24, 2.45) is 0 Å². The number of rotatable bonds is 6. The molecule has 0 saturated heterocycles. The fourth-order valence-corrected chi connectivity index (χ4v) is 1.78. The highest BCUT2D eigenvalue weighted by molar-refractivity contribution is 6.17. The largest absolute Gasteiger partial charge is 0.357 e. The Morgan fingerprint density at radius 2 is 2.00 bits per heavy atom. The fourth-order valence-electron chi connectivity index (χ4n) is 1.57. The van der Waals surface area contributed by atoms with Crippen LogP contribution in [0.25, 0.3) is 0 Å². The van der Waals surface area contributed by atoms with Crippen LogP contribution in [0.2, 0.25) is 0 Å². The van der Waals surface area contributed by atoms with Gasteiger partial charge in [0.15, 0.2) is 11.6 Å². The van der Waals surface area contributed by atoms with Crippen LogP contribution in [-0.2, 0) is 5.88 Å². The molecule has 0 aliphatic rings. The van der Waals surface area contributed by atoms with Crippen molar-refractivity contribution in [3.05, 3.63) is 23.6 Å². The third kappa shape index (κ3) is 4.13. The molecule has 0 amide bonds. The fraction of sp³-hybridized carbons (Fsp3) is 0.583. The topological polar surface area (TPSA) is 19.4 Å². The summed E-state index contributed by atoms with van der Waals surface area (Å²) in [5.41, 5.74) is 0.496. The lowest BCUT2D eigenvalue weighted by Crippen LogP contribution is -2.25. The van der Waals surface area contributed by atoms with Gasteiger partial charge in [0.05, 0.1) is 5.88 Å². The Morgan fingerprint density at radius 1 is 1.29 bits per heavy atom. The quantitative estimate of drug-likeness (QED) is 0.731. The number of halogens is 2. The van der Waals surface area contributed by atoms with E-state index in [0.717, 1.165) is 19.5 Å². The normalized spacial score (nSPS) is 10.9. The van der Waals surface area contributed by atoms with E-state index in [4.69, 9.17) is 11.6 Å². The minimum absolute atomic E-state index is 0.174. The first-order valence-corrected chi connectivity index (χ1v) is 6.15. The lowest BCUT2D eigenvalue weighted by Gasteiger charge is -2.20. The van der Waals surface area contributed by atoms with Crippen LogP contribution in [0.4, 0.5) is 10.2 Å². The molecule has 0 aliphatic carbocycles. The Bertz CT molecular complexity index is 358. The second-order valence-electron chi connectivity index (χ2n) is 4.32. The van der Waals surface area contributed by atoms with Crippen molar-refractivity contribution >= 4 is 17.4 Å². The highest BCUT2D eigenvalue weighted by Gasteiger charge is 2.12. The second kappa shape index (κ2) is 6.77. The van der Waals surface area contributed by atoms with Crippen LogP contribution in [-0.4, -0.2) is 44.1 Å². The molecule has 3 nitrogen and oxygen atoms in total. The van der Waals surface area contributed by atoms with Crippen LogP contribution >= 0.6 is 11.6 Å². The summed E-state index contributed by atoms with van der Waals surface area (Å²) in [5, 5.41) is 0. The van der Waals surface area contributed by atoms with Crippen molar-refractivity contribution < 1.29 is 4.39 Å². The maximum absolute atomic E-state index is 13.9. The van der Waals surface area contributed by atoms with Gasteiger partial charge in [-0.05, 0) is 33.1 Å². The molecule has 1 aromatic heterocycles. The molecule has 96 valence electrons. The zero-order chi connectivity index (χ0) is 12.8. The second-order valence-corrected chi connectivity index (χ2v) is 4.59. The van der Waals surface area contributed by atoms with Gasteiger partial charge in [-0.1, -0.05) is 0 Å². The molecule has 0 unspecified atom stereocenters. The number of hydrogen-bond donors (Lipinski definition) is 0. The molecule has 0 aliphatic heterocycles. The van der Waals surface area contributed by atoms with Crippen molar-refractivity contribution in [2.45, 2.75) is 12.3 Å². The molecular weight excluding hydrogens is 241 g/mol. The lowest BCUT2D eigenvalue weighted by atomic mass is 10.2. The van der Waals surface area contributed by atoms with E-state index in [-0.39, 0.29) is 11.7 Å². The number of alkyl halides is 1. The van der Waals surface area contributed by atoms with E-state index in [9.17, 15) is 4.39 Å². The van der Waals surface area contributed by atoms with Crippen molar-refractivity contribution in [1.82, 2.24) is 9.88 Å². The molecule has 1 heterocycles. The van der Waals surface area contributed by atoms with E-state index < -0.39 is 0 Å². The van der Waals surface area contributed by atoms with Crippen molar-refractivity contribution in [3.8, 4) is 0 Å². The summed E-state index contributed by atoms with van der Waals surface area (Å²) in [5.74, 6) is 0.240. The molecule has 1 rings (SSSR count). The van der Waals surface area contributed by atoms with Gasteiger partial charge >= 0.3 is 0 Å². The van der Waals surface area contributed by atoms with Gasteiger partial charge in [-0.2, -0.15) is 0 Å². The molecule has 0 atom stereocenters. The van der Waals surface area contributed by atoms with Gasteiger partial charge in [-0.25, -0.2) is 9.37 Å². The highest BCUT2D eigenvalue weighted by atomic mass is 35.5. The van der Waals surface area contributed by atoms with Gasteiger partial charge in [0.1, 0.15) is 0 Å². The van der Waals surface area contributed by atoms with Gasteiger partial charge in [0.2, 0.25) is 0 Å². The van der Waals surface area contributed by atoms with Gasteiger partial charge in [0, 0.05) is 25.4 Å². The zero-order valence-corrected chi connectivity index (χ0v) is 11.3. The van der Waals surface area contributed by atoms with E-state index in [1.54, 1.807) is 12.3 Å². The molecule has 0 aromatic carbocycles. The van der Waals surface area contributed by atoms with Gasteiger partial charge in [0.25, 0.3) is 0 Å². The first kappa shape index (κ1) is 14.2. The standard InChI is InChI=1S/C12H19ClFN3/c1-16(2)7-4-8-17(3)12-11(14)10(9-13)5-6-15-12/h5-6H,4,7-9H2,1-3H3. The van der Waals surface area contributed by atoms with Gasteiger partial charge < -0.3 is 9.80 Å². The predicted octanol–water partition coefficient (Wildman–Crippen LogP) is 2.35. The highest BCUT2D eigenvalue weighted by Crippen LogP contribution is 2.19. The number of aromatic nitrogens is 1. The van der Waals surface area contributed by atoms with E-state index in [1.165, 1.54) is 0 Å². The minimum atomic E-state index is -0.310. The Kier molecular flexibility index (Phi) is 5.65. The van der Waals surface area contributed by atoms with Gasteiger partial charge in [-0.15, -0.1) is 11.6 Å². The van der Waals surface area contributed by atoms with Crippen LogP contribution in [0.5, 0.6) is 0 Å². The van der Waals surface area contributed by atoms with Crippen molar-refractivity contribution in [3.63, 3.8) is 0 Å². The zero-order valence-electron chi connectivity index (χ0n) is 10.6. The summed E-state index contributed by atoms with van der Waals surface area (Å²) in [6, 6.07) is 1.61. The molecule has 0 fully saturated rings. The molecule has 0 radical (unpaired) electrons. The molecule has 0 spiro atoms. The van der Waals surface area contributed by atoms with Crippen molar-refractivity contribution in [1.29, 1.82) is 0 Å². The number of nitrogens with zero attached hydrogens (tertiary/aromatic N) is 3. The molecule has 1 aromatic rings. The number of anilines is 1. The predicted molar refractivity (Wildman–Crippen MR) is 70.2 cm³/mol. The Morgan fingerprint density at radius 3 is 2.59 bits per heavy atom. The first-order valence-electron chi connectivity index (χ1n) is 5.61. The van der Waals surface area contributed by atoms with Crippen LogP contribution < -0.4 is 4.90 Å². The van der Waals surface area contributed by atoms with Crippen LogP contribution in [0.15, 0.2) is 12.3 Å². The summed E-state index contributed by atoms with van der Waals surface area (Å²) in [7, 11) is 5.89. The Balaban J connectivity index is 2.65. The maximum Gasteiger partial charge on any atom is 0.170 e. The number of hydrogen-bond acceptors (Lipinski definition) is 3. The van der Waals surface area contributed by atoms with E-state index in [0.29, 0.717) is 11.4 Å². The summed E-state index contributed by atoms with van der Waals surface area (Å²) in [6.07, 6.45) is 2.56. The van der Waals surface area contributed by atoms with E-state index >= 15 is 0 Å². The first-order chi connectivity index (χ1) is 8.06. The lowest BCUT2D eigenvalue weighted by molar-refractivity contribution is 0.401. The summed E-state index contributed by atoms with van der Waals surface area (Å²) < 4.78 is 13.9. The average Bonchev–Trinajstić information content (AvgIpc) is 2.28. The molecule has 5 heteroatoms. The summed E-state index contributed by atoms with van der Waals surface area (Å²) in [6.45, 7) is 1.75. The Hall–Kier alpha value is -0.870. The summed E-state index contributed by atoms with van der Waals surface area (Å²) in [4.78, 5) is 8.00. The van der Waals surface area contributed by atoms with Crippen LogP contribution in [0, 0.1) is 5.82 Å². The van der Waals surface area contributed by atoms with Crippen LogP contribution in [0.1, 0.15) is 12.0 Å². The third-order valence-corrected chi connectivity index (χ3v) is 2.84. The number of pyridine rings is 1. The molecular formula is C12H19ClFN3. The molecule has 0 N–H and O–H groups in total. The maximum atomic E-state index is 13.9. The third-order valence-electron chi connectivity index (χ3n) is 2.56. The van der Waals surface area contributed by atoms with Crippen LogP contribution in [0.3, 0.4) is 0 Å². The molecule has 17 heavy (non-hydrogen) atoms. The van der Waals surface area contributed by atoms with Gasteiger partial charge in [-0.3, -0.25) is 0 Å². The molecule has 0 bridgehead atoms. The average molecular weight is 260 g/mol.